The van der Waals surface area contributed by atoms with Gasteiger partial charge in [-0.2, -0.15) is 5.10 Å². The van der Waals surface area contributed by atoms with E-state index < -0.39 is 10.0 Å². The summed E-state index contributed by atoms with van der Waals surface area (Å²) in [5, 5.41) is 6.92. The molecule has 0 unspecified atom stereocenters. The number of aryl methyl sites for hydroxylation is 1. The highest BCUT2D eigenvalue weighted by atomic mass is 35.5. The number of benzene rings is 2. The van der Waals surface area contributed by atoms with E-state index in [0.29, 0.717) is 22.0 Å². The number of aromatic nitrogens is 3. The van der Waals surface area contributed by atoms with Crippen LogP contribution in [0.4, 0.5) is 11.4 Å². The number of rotatable bonds is 6. The summed E-state index contributed by atoms with van der Waals surface area (Å²) < 4.78 is 29.3. The SMILES string of the molecule is Cc1ccc(NC(=O)Cn2cncn2)cc1S(=O)(=O)Nc1cccc(Cl)c1. The number of amides is 1. The summed E-state index contributed by atoms with van der Waals surface area (Å²) in [6.07, 6.45) is 2.74. The van der Waals surface area contributed by atoms with Gasteiger partial charge in [-0.25, -0.2) is 18.1 Å². The van der Waals surface area contributed by atoms with Crippen LogP contribution in [0.3, 0.4) is 0 Å². The van der Waals surface area contributed by atoms with Gasteiger partial charge in [0.25, 0.3) is 10.0 Å². The topological polar surface area (TPSA) is 106 Å². The Kier molecular flexibility index (Phi) is 5.43. The average Bonchev–Trinajstić information content (AvgIpc) is 3.09. The molecule has 0 bridgehead atoms. The van der Waals surface area contributed by atoms with Crippen LogP contribution in [0.5, 0.6) is 0 Å². The summed E-state index contributed by atoms with van der Waals surface area (Å²) in [5.41, 5.74) is 1.25. The van der Waals surface area contributed by atoms with E-state index in [0.717, 1.165) is 0 Å². The van der Waals surface area contributed by atoms with Crippen LogP contribution in [0.2, 0.25) is 5.02 Å². The lowest BCUT2D eigenvalue weighted by molar-refractivity contribution is -0.116. The number of sulfonamides is 1. The van der Waals surface area contributed by atoms with Crippen LogP contribution >= 0.6 is 11.6 Å². The first-order chi connectivity index (χ1) is 12.8. The molecule has 1 amide bonds. The van der Waals surface area contributed by atoms with Crippen LogP contribution in [0.15, 0.2) is 60.0 Å². The van der Waals surface area contributed by atoms with Crippen molar-refractivity contribution < 1.29 is 13.2 Å². The third-order valence-corrected chi connectivity index (χ3v) is 5.37. The van der Waals surface area contributed by atoms with Crippen molar-refractivity contribution in [2.75, 3.05) is 10.0 Å². The molecule has 0 aliphatic heterocycles. The van der Waals surface area contributed by atoms with E-state index in [4.69, 9.17) is 11.6 Å². The molecule has 10 heteroatoms. The Morgan fingerprint density at radius 3 is 2.70 bits per heavy atom. The fourth-order valence-electron chi connectivity index (χ4n) is 2.39. The van der Waals surface area contributed by atoms with E-state index in [9.17, 15) is 13.2 Å². The molecule has 3 aromatic rings. The summed E-state index contributed by atoms with van der Waals surface area (Å²) in [6.45, 7) is 1.64. The Labute approximate surface area is 161 Å². The highest BCUT2D eigenvalue weighted by molar-refractivity contribution is 7.92. The fourth-order valence-corrected chi connectivity index (χ4v) is 3.90. The van der Waals surface area contributed by atoms with Gasteiger partial charge in [0.15, 0.2) is 0 Å². The van der Waals surface area contributed by atoms with E-state index in [2.05, 4.69) is 20.1 Å². The first kappa shape index (κ1) is 18.9. The minimum Gasteiger partial charge on any atom is -0.324 e. The Balaban J connectivity index is 1.80. The molecule has 3 rings (SSSR count). The zero-order valence-electron chi connectivity index (χ0n) is 14.3. The molecule has 0 atom stereocenters. The van der Waals surface area contributed by atoms with Gasteiger partial charge in [0.05, 0.1) is 10.6 Å². The molecule has 1 aromatic heterocycles. The number of carbonyl (C=O) groups excluding carboxylic acids is 1. The maximum Gasteiger partial charge on any atom is 0.262 e. The molecule has 2 aromatic carbocycles. The van der Waals surface area contributed by atoms with Crippen LogP contribution in [0.1, 0.15) is 5.56 Å². The molecule has 0 aliphatic carbocycles. The van der Waals surface area contributed by atoms with Gasteiger partial charge in [-0.1, -0.05) is 23.7 Å². The smallest absolute Gasteiger partial charge is 0.262 e. The Morgan fingerprint density at radius 2 is 2.00 bits per heavy atom. The number of hydrogen-bond donors (Lipinski definition) is 2. The predicted octanol–water partition coefficient (Wildman–Crippen LogP) is 2.68. The summed E-state index contributed by atoms with van der Waals surface area (Å²) in [4.78, 5) is 15.9. The zero-order valence-corrected chi connectivity index (χ0v) is 15.8. The van der Waals surface area contributed by atoms with Gasteiger partial charge >= 0.3 is 0 Å². The third-order valence-electron chi connectivity index (χ3n) is 3.61. The lowest BCUT2D eigenvalue weighted by Crippen LogP contribution is -2.20. The first-order valence-corrected chi connectivity index (χ1v) is 9.71. The molecule has 0 saturated carbocycles. The van der Waals surface area contributed by atoms with Crippen molar-refractivity contribution in [3.8, 4) is 0 Å². The summed E-state index contributed by atoms with van der Waals surface area (Å²) in [7, 11) is -3.86. The van der Waals surface area contributed by atoms with Gasteiger partial charge in [-0.3, -0.25) is 9.52 Å². The van der Waals surface area contributed by atoms with E-state index in [-0.39, 0.29) is 17.3 Å². The average molecular weight is 406 g/mol. The molecule has 0 aliphatic rings. The molecule has 0 spiro atoms. The van der Waals surface area contributed by atoms with E-state index >= 15 is 0 Å². The number of hydrogen-bond acceptors (Lipinski definition) is 5. The summed E-state index contributed by atoms with van der Waals surface area (Å²) >= 11 is 5.90. The van der Waals surface area contributed by atoms with Crippen molar-refractivity contribution in [2.45, 2.75) is 18.4 Å². The van der Waals surface area contributed by atoms with Crippen molar-refractivity contribution in [1.29, 1.82) is 0 Å². The van der Waals surface area contributed by atoms with Crippen molar-refractivity contribution in [3.63, 3.8) is 0 Å². The largest absolute Gasteiger partial charge is 0.324 e. The number of nitrogens with one attached hydrogen (secondary N) is 2. The second-order valence-corrected chi connectivity index (χ2v) is 7.82. The van der Waals surface area contributed by atoms with Crippen LogP contribution in [-0.2, 0) is 21.4 Å². The van der Waals surface area contributed by atoms with Crippen molar-refractivity contribution in [2.24, 2.45) is 0 Å². The quantitative estimate of drug-likeness (QED) is 0.655. The maximum atomic E-state index is 12.7. The van der Waals surface area contributed by atoms with Gasteiger partial charge in [0.1, 0.15) is 19.2 Å². The Bertz CT molecular complexity index is 1070. The molecular formula is C17H16ClN5O3S. The monoisotopic (exact) mass is 405 g/mol. The molecule has 0 fully saturated rings. The van der Waals surface area contributed by atoms with Crippen LogP contribution < -0.4 is 10.0 Å². The van der Waals surface area contributed by atoms with Crippen molar-refractivity contribution in [3.05, 3.63) is 65.7 Å². The summed E-state index contributed by atoms with van der Waals surface area (Å²) in [6, 6.07) is 11.1. The van der Waals surface area contributed by atoms with Gasteiger partial charge in [0, 0.05) is 10.7 Å². The zero-order chi connectivity index (χ0) is 19.4. The number of carbonyl (C=O) groups is 1. The Hall–Kier alpha value is -2.91. The fraction of sp³-hybridized carbons (Fsp3) is 0.118. The molecular weight excluding hydrogens is 390 g/mol. The second-order valence-electron chi connectivity index (χ2n) is 5.74. The maximum absolute atomic E-state index is 12.7. The van der Waals surface area contributed by atoms with E-state index in [1.165, 1.54) is 29.5 Å². The standard InChI is InChI=1S/C17H16ClN5O3S/c1-12-5-6-14(21-17(24)9-23-11-19-10-20-23)8-16(12)27(25,26)22-15-4-2-3-13(18)7-15/h2-8,10-11,22H,9H2,1H3,(H,21,24). The molecule has 2 N–H and O–H groups in total. The number of anilines is 2. The molecule has 27 heavy (non-hydrogen) atoms. The highest BCUT2D eigenvalue weighted by Gasteiger charge is 2.18. The van der Waals surface area contributed by atoms with Gasteiger partial charge in [-0.15, -0.1) is 0 Å². The Morgan fingerprint density at radius 1 is 1.19 bits per heavy atom. The van der Waals surface area contributed by atoms with Gasteiger partial charge in [-0.05, 0) is 42.8 Å². The van der Waals surface area contributed by atoms with E-state index in [1.54, 1.807) is 37.3 Å². The van der Waals surface area contributed by atoms with Crippen LogP contribution in [0.25, 0.3) is 0 Å². The molecule has 1 heterocycles. The molecule has 0 radical (unpaired) electrons. The highest BCUT2D eigenvalue weighted by Crippen LogP contribution is 2.24. The molecule has 0 saturated heterocycles. The van der Waals surface area contributed by atoms with Crippen molar-refractivity contribution in [1.82, 2.24) is 14.8 Å². The minimum absolute atomic E-state index is 0.0310. The van der Waals surface area contributed by atoms with Crippen LogP contribution in [0, 0.1) is 6.92 Å². The van der Waals surface area contributed by atoms with E-state index in [1.807, 2.05) is 0 Å². The minimum atomic E-state index is -3.86. The molecule has 140 valence electrons. The lowest BCUT2D eigenvalue weighted by atomic mass is 10.2. The molecule has 8 nitrogen and oxygen atoms in total. The van der Waals surface area contributed by atoms with Crippen molar-refractivity contribution >= 4 is 38.9 Å². The number of halogens is 1. The third kappa shape index (κ3) is 4.83. The number of nitrogens with zero attached hydrogens (tertiary/aromatic N) is 3. The first-order valence-electron chi connectivity index (χ1n) is 7.85. The summed E-state index contributed by atoms with van der Waals surface area (Å²) in [5.74, 6) is -0.351. The van der Waals surface area contributed by atoms with Gasteiger partial charge < -0.3 is 5.32 Å². The lowest BCUT2D eigenvalue weighted by Gasteiger charge is -2.13. The van der Waals surface area contributed by atoms with Crippen LogP contribution in [-0.4, -0.2) is 29.1 Å². The normalized spacial score (nSPS) is 11.2. The van der Waals surface area contributed by atoms with Gasteiger partial charge in [0.2, 0.25) is 5.91 Å². The second kappa shape index (κ2) is 7.77. The predicted molar refractivity (Wildman–Crippen MR) is 102 cm³/mol.